The van der Waals surface area contributed by atoms with Crippen molar-refractivity contribution in [3.8, 4) is 11.6 Å². The number of fused-ring (bicyclic) bond motifs is 4. The van der Waals surface area contributed by atoms with Crippen molar-refractivity contribution in [1.29, 1.82) is 0 Å². The van der Waals surface area contributed by atoms with Gasteiger partial charge in [0.15, 0.2) is 0 Å². The van der Waals surface area contributed by atoms with Gasteiger partial charge in [-0.05, 0) is 72.5 Å². The second kappa shape index (κ2) is 13.8. The Labute approximate surface area is 310 Å². The Kier molecular flexibility index (Phi) is 8.81. The van der Waals surface area contributed by atoms with Crippen LogP contribution in [0, 0.1) is 5.82 Å². The topological polar surface area (TPSA) is 102 Å². The minimum absolute atomic E-state index is 0.0346. The van der Waals surface area contributed by atoms with Crippen LogP contribution in [0.4, 0.5) is 4.39 Å². The fourth-order valence-corrected chi connectivity index (χ4v) is 7.97. The lowest BCUT2D eigenvalue weighted by atomic mass is 9.79. The van der Waals surface area contributed by atoms with E-state index in [2.05, 4.69) is 47.0 Å². The maximum atomic E-state index is 14.5. The Morgan fingerprint density at radius 2 is 1.50 bits per heavy atom. The molecule has 2 atom stereocenters. The van der Waals surface area contributed by atoms with Gasteiger partial charge in [0.05, 0.1) is 11.7 Å². The van der Waals surface area contributed by atoms with E-state index in [1.54, 1.807) is 6.92 Å². The highest BCUT2D eigenvalue weighted by Crippen LogP contribution is 2.44. The molecule has 1 aliphatic rings. The first-order chi connectivity index (χ1) is 26.1. The summed E-state index contributed by atoms with van der Waals surface area (Å²) in [7, 11) is 3.39. The smallest absolute Gasteiger partial charge is 0.338 e. The molecule has 0 spiro atoms. The van der Waals surface area contributed by atoms with Gasteiger partial charge in [0.25, 0.3) is 11.5 Å². The number of carbonyl (C=O) groups is 1. The molecule has 1 amide bonds. The van der Waals surface area contributed by atoms with Gasteiger partial charge in [0, 0.05) is 66.2 Å². The number of halogens is 1. The third-order valence-electron chi connectivity index (χ3n) is 10.7. The molecule has 0 aliphatic carbocycles. The first-order valence-corrected chi connectivity index (χ1v) is 17.9. The van der Waals surface area contributed by atoms with Crippen molar-refractivity contribution in [3.05, 3.63) is 176 Å². The Hall–Kier alpha value is -6.55. The van der Waals surface area contributed by atoms with Crippen LogP contribution < -0.4 is 11.2 Å². The van der Waals surface area contributed by atoms with E-state index in [9.17, 15) is 23.9 Å². The van der Waals surface area contributed by atoms with Crippen molar-refractivity contribution in [1.82, 2.24) is 18.6 Å². The maximum absolute atomic E-state index is 14.5. The largest absolute Gasteiger partial charge is 0.494 e. The van der Waals surface area contributed by atoms with Gasteiger partial charge in [0.1, 0.15) is 11.4 Å². The lowest BCUT2D eigenvalue weighted by Crippen LogP contribution is -2.44. The van der Waals surface area contributed by atoms with E-state index in [-0.39, 0.29) is 35.3 Å². The lowest BCUT2D eigenvalue weighted by Gasteiger charge is -2.42. The maximum Gasteiger partial charge on any atom is 0.338 e. The summed E-state index contributed by atoms with van der Waals surface area (Å²) in [6.07, 6.45) is 0.641. The molecule has 0 unspecified atom stereocenters. The van der Waals surface area contributed by atoms with E-state index >= 15 is 0 Å². The van der Waals surface area contributed by atoms with Crippen molar-refractivity contribution < 1.29 is 14.3 Å². The highest BCUT2D eigenvalue weighted by atomic mass is 19.1. The summed E-state index contributed by atoms with van der Waals surface area (Å²) in [5.74, 6) is -1.58. The summed E-state index contributed by atoms with van der Waals surface area (Å²) in [5, 5.41) is 13.4. The minimum Gasteiger partial charge on any atom is -0.494 e. The van der Waals surface area contributed by atoms with Crippen molar-refractivity contribution in [2.24, 2.45) is 19.1 Å². The zero-order valence-corrected chi connectivity index (χ0v) is 30.1. The number of nitrogens with zero attached hydrogens (tertiary/aromatic N) is 5. The second-order valence-electron chi connectivity index (χ2n) is 13.8. The monoisotopic (exact) mass is 719 g/mol. The summed E-state index contributed by atoms with van der Waals surface area (Å²) in [5.41, 5.74) is 4.08. The van der Waals surface area contributed by atoms with E-state index in [0.29, 0.717) is 18.5 Å². The molecule has 270 valence electrons. The highest BCUT2D eigenvalue weighted by Gasteiger charge is 2.40. The number of hydrogen-bond donors (Lipinski definition) is 1. The first kappa shape index (κ1) is 34.5. The molecular weight excluding hydrogens is 682 g/mol. The molecule has 0 radical (unpaired) electrons. The second-order valence-corrected chi connectivity index (χ2v) is 13.8. The molecule has 0 saturated heterocycles. The number of aromatic nitrogens is 3. The van der Waals surface area contributed by atoms with Crippen LogP contribution >= 0.6 is 0 Å². The van der Waals surface area contributed by atoms with Crippen molar-refractivity contribution >= 4 is 33.4 Å². The Balaban J connectivity index is 1.28. The summed E-state index contributed by atoms with van der Waals surface area (Å²) in [6.45, 7) is 2.22. The summed E-state index contributed by atoms with van der Waals surface area (Å²) in [4.78, 5) is 48.5. The number of aliphatic imine (C=N–C) groups is 1. The number of para-hydroxylation sites is 1. The summed E-state index contributed by atoms with van der Waals surface area (Å²) in [6, 6.07) is 37.0. The van der Waals surface area contributed by atoms with E-state index < -0.39 is 29.0 Å². The van der Waals surface area contributed by atoms with Gasteiger partial charge in [-0.25, -0.2) is 13.8 Å². The molecule has 2 aromatic heterocycles. The molecule has 7 aromatic rings. The van der Waals surface area contributed by atoms with E-state index in [4.69, 9.17) is 4.99 Å². The SMILES string of the molecule is CC(=NC[C@H]1c2ccccc2C(=O)N(CCc2ccccc2)[C@@H]1c1ccc2c(c1)c1ccccc1n2C)c1c(O)n(C)c(=O)n(-c2cccc(F)c2)c1=O. The molecule has 3 heterocycles. The highest BCUT2D eigenvalue weighted by molar-refractivity contribution is 6.08. The van der Waals surface area contributed by atoms with Crippen LogP contribution in [0.3, 0.4) is 0 Å². The fraction of sp³-hybridized carbons (Fsp3) is 0.182. The van der Waals surface area contributed by atoms with Gasteiger partial charge in [-0.2, -0.15) is 0 Å². The zero-order valence-electron chi connectivity index (χ0n) is 30.1. The minimum atomic E-state index is -0.822. The molecule has 1 aliphatic heterocycles. The molecule has 0 bridgehead atoms. The predicted octanol–water partition coefficient (Wildman–Crippen LogP) is 7.06. The summed E-state index contributed by atoms with van der Waals surface area (Å²) < 4.78 is 18.2. The Morgan fingerprint density at radius 3 is 2.30 bits per heavy atom. The van der Waals surface area contributed by atoms with Crippen LogP contribution in [0.5, 0.6) is 5.88 Å². The number of hydrogen-bond acceptors (Lipinski definition) is 5. The van der Waals surface area contributed by atoms with Crippen LogP contribution in [0.1, 0.15) is 51.5 Å². The van der Waals surface area contributed by atoms with Crippen LogP contribution in [-0.2, 0) is 20.5 Å². The lowest BCUT2D eigenvalue weighted by molar-refractivity contribution is 0.0614. The average Bonchev–Trinajstić information content (AvgIpc) is 3.47. The van der Waals surface area contributed by atoms with Gasteiger partial charge in [-0.1, -0.05) is 78.9 Å². The van der Waals surface area contributed by atoms with Crippen LogP contribution in [0.25, 0.3) is 27.5 Å². The molecular formula is C44H38FN5O4. The van der Waals surface area contributed by atoms with E-state index in [1.165, 1.54) is 25.2 Å². The first-order valence-electron chi connectivity index (χ1n) is 17.9. The van der Waals surface area contributed by atoms with E-state index in [0.717, 1.165) is 53.7 Å². The standard InChI is InChI=1S/C44H38FN5O4/c1-27(39-42(52)48(3)44(54)50(43(39)53)31-15-11-14-30(45)25-31)46-26-36-32-16-7-8-18-34(32)41(51)49(23-22-28-12-5-4-6-13-28)40(36)29-20-21-38-35(24-29)33-17-9-10-19-37(33)47(38)2/h4-21,24-25,36,40,52H,22-23,26H2,1-3H3/t36-,40+/m0/s1. The number of aromatic hydroxyl groups is 1. The molecule has 54 heavy (non-hydrogen) atoms. The quantitative estimate of drug-likeness (QED) is 0.170. The van der Waals surface area contributed by atoms with Gasteiger partial charge < -0.3 is 14.6 Å². The van der Waals surface area contributed by atoms with E-state index in [1.807, 2.05) is 66.5 Å². The number of benzene rings is 5. The number of aryl methyl sites for hydroxylation is 1. The normalized spacial score (nSPS) is 16.0. The third-order valence-corrected chi connectivity index (χ3v) is 10.7. The summed E-state index contributed by atoms with van der Waals surface area (Å²) >= 11 is 0. The van der Waals surface area contributed by atoms with Gasteiger partial charge in [0.2, 0.25) is 5.88 Å². The Morgan fingerprint density at radius 1 is 0.778 bits per heavy atom. The molecule has 8 rings (SSSR count). The number of carbonyl (C=O) groups excluding carboxylic acids is 1. The number of rotatable bonds is 8. The molecule has 1 N–H and O–H groups in total. The van der Waals surface area contributed by atoms with Crippen molar-refractivity contribution in [2.45, 2.75) is 25.3 Å². The van der Waals surface area contributed by atoms with Gasteiger partial charge >= 0.3 is 5.69 Å². The Bertz CT molecular complexity index is 2750. The predicted molar refractivity (Wildman–Crippen MR) is 210 cm³/mol. The molecule has 9 nitrogen and oxygen atoms in total. The van der Waals surface area contributed by atoms with Crippen molar-refractivity contribution in [3.63, 3.8) is 0 Å². The molecule has 10 heteroatoms. The molecule has 5 aromatic carbocycles. The van der Waals surface area contributed by atoms with Crippen molar-refractivity contribution in [2.75, 3.05) is 13.1 Å². The van der Waals surface area contributed by atoms with Gasteiger partial charge in [-0.3, -0.25) is 19.1 Å². The molecule has 0 fully saturated rings. The fourth-order valence-electron chi connectivity index (χ4n) is 7.97. The van der Waals surface area contributed by atoms with Gasteiger partial charge in [-0.15, -0.1) is 0 Å². The third kappa shape index (κ3) is 5.80. The van der Waals surface area contributed by atoms with Crippen LogP contribution in [0.15, 0.2) is 136 Å². The zero-order chi connectivity index (χ0) is 37.7. The van der Waals surface area contributed by atoms with Crippen LogP contribution in [0.2, 0.25) is 0 Å². The molecule has 0 saturated carbocycles. The number of amides is 1. The van der Waals surface area contributed by atoms with Crippen LogP contribution in [-0.4, -0.2) is 48.4 Å². The average molecular weight is 720 g/mol.